The first-order valence-corrected chi connectivity index (χ1v) is 7.81. The van der Waals surface area contributed by atoms with Gasteiger partial charge in [0.2, 0.25) is 5.91 Å². The topological polar surface area (TPSA) is 58.2 Å². The lowest BCUT2D eigenvalue weighted by molar-refractivity contribution is -0.116. The van der Waals surface area contributed by atoms with E-state index in [1.807, 2.05) is 13.0 Å². The highest BCUT2D eigenvalue weighted by Crippen LogP contribution is 2.22. The summed E-state index contributed by atoms with van der Waals surface area (Å²) in [6.07, 6.45) is 0.156. The van der Waals surface area contributed by atoms with Gasteiger partial charge in [0.1, 0.15) is 0 Å². The van der Waals surface area contributed by atoms with Crippen LogP contribution in [0.15, 0.2) is 42.5 Å². The van der Waals surface area contributed by atoms with Gasteiger partial charge in [0.25, 0.3) is 5.91 Å². The number of benzene rings is 2. The Morgan fingerprint density at radius 3 is 2.39 bits per heavy atom. The molecule has 0 saturated heterocycles. The molecule has 0 spiro atoms. The summed E-state index contributed by atoms with van der Waals surface area (Å²) in [5, 5.41) is 6.46. The standard InChI is InChI=1S/C17H16Cl2N2O2/c1-11-2-7-15(14(19)10-11)21-16(22)8-9-20-17(23)12-3-5-13(18)6-4-12/h2-7,10H,8-9H2,1H3,(H,20,23)(H,21,22). The fourth-order valence-electron chi connectivity index (χ4n) is 1.93. The Morgan fingerprint density at radius 1 is 1.04 bits per heavy atom. The first-order valence-electron chi connectivity index (χ1n) is 7.05. The summed E-state index contributed by atoms with van der Waals surface area (Å²) in [5.74, 6) is -0.463. The van der Waals surface area contributed by atoms with Crippen molar-refractivity contribution in [2.75, 3.05) is 11.9 Å². The van der Waals surface area contributed by atoms with Crippen molar-refractivity contribution >= 4 is 40.7 Å². The van der Waals surface area contributed by atoms with Crippen LogP contribution in [0.2, 0.25) is 10.0 Å². The van der Waals surface area contributed by atoms with E-state index in [1.165, 1.54) is 0 Å². The number of carbonyl (C=O) groups is 2. The molecule has 0 aliphatic heterocycles. The van der Waals surface area contributed by atoms with Crippen molar-refractivity contribution in [2.45, 2.75) is 13.3 Å². The van der Waals surface area contributed by atoms with Gasteiger partial charge >= 0.3 is 0 Å². The molecule has 2 aromatic rings. The van der Waals surface area contributed by atoms with Crippen molar-refractivity contribution in [1.82, 2.24) is 5.32 Å². The Bertz CT molecular complexity index is 715. The highest BCUT2D eigenvalue weighted by molar-refractivity contribution is 6.33. The van der Waals surface area contributed by atoms with E-state index < -0.39 is 0 Å². The number of amides is 2. The van der Waals surface area contributed by atoms with Crippen LogP contribution in [-0.2, 0) is 4.79 Å². The zero-order chi connectivity index (χ0) is 16.8. The van der Waals surface area contributed by atoms with E-state index in [0.717, 1.165) is 5.56 Å². The lowest BCUT2D eigenvalue weighted by atomic mass is 10.2. The summed E-state index contributed by atoms with van der Waals surface area (Å²) in [4.78, 5) is 23.8. The minimum absolute atomic E-state index is 0.156. The summed E-state index contributed by atoms with van der Waals surface area (Å²) in [5.41, 5.74) is 2.07. The van der Waals surface area contributed by atoms with E-state index in [0.29, 0.717) is 21.3 Å². The van der Waals surface area contributed by atoms with Crippen molar-refractivity contribution in [3.05, 3.63) is 63.6 Å². The SMILES string of the molecule is Cc1ccc(NC(=O)CCNC(=O)c2ccc(Cl)cc2)c(Cl)c1. The quantitative estimate of drug-likeness (QED) is 0.854. The lowest BCUT2D eigenvalue weighted by Crippen LogP contribution is -2.27. The Morgan fingerprint density at radius 2 is 1.74 bits per heavy atom. The molecule has 0 unspecified atom stereocenters. The first-order chi connectivity index (χ1) is 11.0. The van der Waals surface area contributed by atoms with Crippen molar-refractivity contribution in [2.24, 2.45) is 0 Å². The van der Waals surface area contributed by atoms with E-state index in [1.54, 1.807) is 36.4 Å². The van der Waals surface area contributed by atoms with Crippen LogP contribution in [0.25, 0.3) is 0 Å². The molecule has 4 nitrogen and oxygen atoms in total. The molecule has 2 rings (SSSR count). The van der Waals surface area contributed by atoms with E-state index >= 15 is 0 Å². The number of halogens is 2. The molecule has 0 atom stereocenters. The number of hydrogen-bond acceptors (Lipinski definition) is 2. The van der Waals surface area contributed by atoms with Gasteiger partial charge in [-0.05, 0) is 48.9 Å². The van der Waals surface area contributed by atoms with Crippen molar-refractivity contribution in [3.63, 3.8) is 0 Å². The fourth-order valence-corrected chi connectivity index (χ4v) is 2.34. The van der Waals surface area contributed by atoms with Crippen LogP contribution in [0.1, 0.15) is 22.3 Å². The molecule has 0 aliphatic rings. The van der Waals surface area contributed by atoms with Crippen molar-refractivity contribution in [1.29, 1.82) is 0 Å². The molecule has 6 heteroatoms. The normalized spacial score (nSPS) is 10.2. The molecule has 0 radical (unpaired) electrons. The Labute approximate surface area is 144 Å². The number of carbonyl (C=O) groups excluding carboxylic acids is 2. The van der Waals surface area contributed by atoms with Crippen LogP contribution in [0.4, 0.5) is 5.69 Å². The van der Waals surface area contributed by atoms with E-state index in [9.17, 15) is 9.59 Å². The number of nitrogens with one attached hydrogen (secondary N) is 2. The second kappa shape index (κ2) is 7.99. The van der Waals surface area contributed by atoms with Gasteiger partial charge in [-0.15, -0.1) is 0 Å². The summed E-state index contributed by atoms with van der Waals surface area (Å²) in [6, 6.07) is 11.9. The van der Waals surface area contributed by atoms with Crippen LogP contribution >= 0.6 is 23.2 Å². The number of rotatable bonds is 5. The van der Waals surface area contributed by atoms with E-state index in [4.69, 9.17) is 23.2 Å². The van der Waals surface area contributed by atoms with Crippen LogP contribution in [0.3, 0.4) is 0 Å². The third kappa shape index (κ3) is 5.27. The van der Waals surface area contributed by atoms with E-state index in [2.05, 4.69) is 10.6 Å². The number of aryl methyl sites for hydroxylation is 1. The second-order valence-corrected chi connectivity index (χ2v) is 5.89. The minimum atomic E-state index is -0.247. The van der Waals surface area contributed by atoms with Crippen LogP contribution in [-0.4, -0.2) is 18.4 Å². The minimum Gasteiger partial charge on any atom is -0.352 e. The highest BCUT2D eigenvalue weighted by atomic mass is 35.5. The molecular weight excluding hydrogens is 335 g/mol. The van der Waals surface area contributed by atoms with Gasteiger partial charge in [0.15, 0.2) is 0 Å². The molecule has 0 saturated carbocycles. The Balaban J connectivity index is 1.80. The molecule has 2 N–H and O–H groups in total. The zero-order valence-electron chi connectivity index (χ0n) is 12.5. The Hall–Kier alpha value is -2.04. The number of hydrogen-bond donors (Lipinski definition) is 2. The van der Waals surface area contributed by atoms with Crippen LogP contribution < -0.4 is 10.6 Å². The largest absolute Gasteiger partial charge is 0.352 e. The highest BCUT2D eigenvalue weighted by Gasteiger charge is 2.08. The average Bonchev–Trinajstić information content (AvgIpc) is 2.50. The maximum absolute atomic E-state index is 11.9. The molecular formula is C17H16Cl2N2O2. The maximum atomic E-state index is 11.9. The molecule has 0 bridgehead atoms. The predicted molar refractivity (Wildman–Crippen MR) is 93.2 cm³/mol. The van der Waals surface area contributed by atoms with Gasteiger partial charge in [0.05, 0.1) is 10.7 Å². The lowest BCUT2D eigenvalue weighted by Gasteiger charge is -2.09. The molecule has 23 heavy (non-hydrogen) atoms. The summed E-state index contributed by atoms with van der Waals surface area (Å²) in [6.45, 7) is 2.15. The monoisotopic (exact) mass is 350 g/mol. The molecule has 2 aromatic carbocycles. The first kappa shape index (κ1) is 17.3. The molecule has 0 heterocycles. The van der Waals surface area contributed by atoms with Gasteiger partial charge in [-0.3, -0.25) is 9.59 Å². The number of anilines is 1. The molecule has 120 valence electrons. The maximum Gasteiger partial charge on any atom is 0.251 e. The molecule has 2 amide bonds. The van der Waals surface area contributed by atoms with Gasteiger partial charge in [-0.25, -0.2) is 0 Å². The summed E-state index contributed by atoms with van der Waals surface area (Å²) < 4.78 is 0. The van der Waals surface area contributed by atoms with Gasteiger partial charge < -0.3 is 10.6 Å². The predicted octanol–water partition coefficient (Wildman–Crippen LogP) is 4.06. The third-order valence-electron chi connectivity index (χ3n) is 3.14. The molecule has 0 aliphatic carbocycles. The molecule has 0 aromatic heterocycles. The van der Waals surface area contributed by atoms with Gasteiger partial charge in [-0.2, -0.15) is 0 Å². The van der Waals surface area contributed by atoms with Gasteiger partial charge in [0, 0.05) is 23.6 Å². The van der Waals surface area contributed by atoms with Gasteiger partial charge in [-0.1, -0.05) is 29.3 Å². The van der Waals surface area contributed by atoms with E-state index in [-0.39, 0.29) is 24.8 Å². The smallest absolute Gasteiger partial charge is 0.251 e. The Kier molecular flexibility index (Phi) is 6.02. The second-order valence-electron chi connectivity index (χ2n) is 5.04. The fraction of sp³-hybridized carbons (Fsp3) is 0.176. The summed E-state index contributed by atoms with van der Waals surface area (Å²) >= 11 is 11.8. The third-order valence-corrected chi connectivity index (χ3v) is 3.71. The van der Waals surface area contributed by atoms with Crippen molar-refractivity contribution < 1.29 is 9.59 Å². The molecule has 0 fully saturated rings. The van der Waals surface area contributed by atoms with Crippen LogP contribution in [0, 0.1) is 6.92 Å². The summed E-state index contributed by atoms with van der Waals surface area (Å²) in [7, 11) is 0. The zero-order valence-corrected chi connectivity index (χ0v) is 14.0. The van der Waals surface area contributed by atoms with Crippen molar-refractivity contribution in [3.8, 4) is 0 Å². The average molecular weight is 351 g/mol. The van der Waals surface area contributed by atoms with Crippen LogP contribution in [0.5, 0.6) is 0 Å².